The van der Waals surface area contributed by atoms with E-state index >= 15 is 0 Å². The predicted octanol–water partition coefficient (Wildman–Crippen LogP) is 3.36. The molecule has 1 amide bonds. The van der Waals surface area contributed by atoms with Crippen molar-refractivity contribution in [3.63, 3.8) is 0 Å². The van der Waals surface area contributed by atoms with Crippen LogP contribution in [0.2, 0.25) is 0 Å². The van der Waals surface area contributed by atoms with Crippen molar-refractivity contribution < 1.29 is 13.2 Å². The van der Waals surface area contributed by atoms with Gasteiger partial charge in [0.1, 0.15) is 4.21 Å². The van der Waals surface area contributed by atoms with Crippen LogP contribution in [0.3, 0.4) is 0 Å². The van der Waals surface area contributed by atoms with E-state index in [0.29, 0.717) is 24.9 Å². The Kier molecular flexibility index (Phi) is 6.69. The minimum Gasteiger partial charge on any atom is -0.342 e. The van der Waals surface area contributed by atoms with E-state index in [9.17, 15) is 13.2 Å². The minimum absolute atomic E-state index is 0.0257. The van der Waals surface area contributed by atoms with Crippen molar-refractivity contribution in [2.45, 2.75) is 38.3 Å². The van der Waals surface area contributed by atoms with E-state index in [-0.39, 0.29) is 16.5 Å². The SMILES string of the molecule is CC(C)CN(CC(C)C)C(=O)Cc1ccc(S(=O)(=O)Cl)s1. The summed E-state index contributed by atoms with van der Waals surface area (Å²) in [4.78, 5) is 15.0. The van der Waals surface area contributed by atoms with E-state index in [0.717, 1.165) is 16.2 Å². The molecule has 4 nitrogen and oxygen atoms in total. The molecule has 120 valence electrons. The molecule has 7 heteroatoms. The first-order chi connectivity index (χ1) is 9.59. The van der Waals surface area contributed by atoms with E-state index in [1.54, 1.807) is 6.07 Å². The van der Waals surface area contributed by atoms with E-state index < -0.39 is 9.05 Å². The van der Waals surface area contributed by atoms with Crippen molar-refractivity contribution in [2.24, 2.45) is 11.8 Å². The van der Waals surface area contributed by atoms with Crippen LogP contribution in [0.25, 0.3) is 0 Å². The fourth-order valence-corrected chi connectivity index (χ4v) is 4.12. The zero-order valence-electron chi connectivity index (χ0n) is 12.8. The fourth-order valence-electron chi connectivity index (χ4n) is 2.00. The third-order valence-electron chi connectivity index (χ3n) is 2.73. The maximum atomic E-state index is 12.4. The highest BCUT2D eigenvalue weighted by atomic mass is 35.7. The summed E-state index contributed by atoms with van der Waals surface area (Å²) in [7, 11) is 1.59. The van der Waals surface area contributed by atoms with Crippen LogP contribution in [-0.4, -0.2) is 32.3 Å². The van der Waals surface area contributed by atoms with Crippen LogP contribution in [0.1, 0.15) is 32.6 Å². The molecule has 1 rings (SSSR count). The summed E-state index contributed by atoms with van der Waals surface area (Å²) < 4.78 is 22.6. The van der Waals surface area contributed by atoms with Gasteiger partial charge in [-0.3, -0.25) is 4.79 Å². The number of carbonyl (C=O) groups is 1. The van der Waals surface area contributed by atoms with E-state index in [2.05, 4.69) is 27.7 Å². The summed E-state index contributed by atoms with van der Waals surface area (Å²) in [6.07, 6.45) is 0.219. The number of rotatable bonds is 7. The molecule has 0 fully saturated rings. The van der Waals surface area contributed by atoms with Gasteiger partial charge in [-0.25, -0.2) is 8.42 Å². The lowest BCUT2D eigenvalue weighted by atomic mass is 10.1. The highest BCUT2D eigenvalue weighted by Gasteiger charge is 2.19. The van der Waals surface area contributed by atoms with Crippen LogP contribution < -0.4 is 0 Å². The lowest BCUT2D eigenvalue weighted by Crippen LogP contribution is -2.37. The average Bonchev–Trinajstić information content (AvgIpc) is 2.74. The number of nitrogens with zero attached hydrogens (tertiary/aromatic N) is 1. The van der Waals surface area contributed by atoms with Gasteiger partial charge in [-0.2, -0.15) is 0 Å². The Morgan fingerprint density at radius 2 is 1.71 bits per heavy atom. The van der Waals surface area contributed by atoms with Gasteiger partial charge in [0, 0.05) is 28.6 Å². The van der Waals surface area contributed by atoms with Crippen LogP contribution in [-0.2, 0) is 20.3 Å². The summed E-state index contributed by atoms with van der Waals surface area (Å²) in [5.74, 6) is 0.822. The van der Waals surface area contributed by atoms with Gasteiger partial charge in [0.05, 0.1) is 6.42 Å². The van der Waals surface area contributed by atoms with E-state index in [1.807, 2.05) is 4.90 Å². The normalized spacial score (nSPS) is 12.1. The molecule has 0 unspecified atom stereocenters. The summed E-state index contributed by atoms with van der Waals surface area (Å²) in [5, 5.41) is 0. The van der Waals surface area contributed by atoms with E-state index in [1.165, 1.54) is 6.07 Å². The number of hydrogen-bond acceptors (Lipinski definition) is 4. The van der Waals surface area contributed by atoms with Gasteiger partial charge < -0.3 is 4.90 Å². The van der Waals surface area contributed by atoms with Crippen LogP contribution in [0.5, 0.6) is 0 Å². The highest BCUT2D eigenvalue weighted by Crippen LogP contribution is 2.25. The van der Waals surface area contributed by atoms with Gasteiger partial charge in [-0.15, -0.1) is 11.3 Å². The van der Waals surface area contributed by atoms with Gasteiger partial charge in [0.25, 0.3) is 9.05 Å². The van der Waals surface area contributed by atoms with Gasteiger partial charge in [-0.1, -0.05) is 27.7 Å². The Labute approximate surface area is 135 Å². The zero-order chi connectivity index (χ0) is 16.2. The maximum absolute atomic E-state index is 12.4. The molecule has 1 aromatic heterocycles. The maximum Gasteiger partial charge on any atom is 0.270 e. The molecule has 0 N–H and O–H groups in total. The number of thiophene rings is 1. The molecule has 0 atom stereocenters. The second kappa shape index (κ2) is 7.61. The van der Waals surface area contributed by atoms with Gasteiger partial charge in [-0.05, 0) is 24.0 Å². The number of amides is 1. The molecule has 0 aliphatic heterocycles. The second-order valence-corrected chi connectivity index (χ2v) is 9.88. The lowest BCUT2D eigenvalue weighted by molar-refractivity contribution is -0.131. The van der Waals surface area contributed by atoms with Crippen LogP contribution in [0, 0.1) is 11.8 Å². The predicted molar refractivity (Wildman–Crippen MR) is 87.3 cm³/mol. The van der Waals surface area contributed by atoms with Crippen molar-refractivity contribution in [2.75, 3.05) is 13.1 Å². The highest BCUT2D eigenvalue weighted by molar-refractivity contribution is 8.15. The molecule has 0 aromatic carbocycles. The van der Waals surface area contributed by atoms with E-state index in [4.69, 9.17) is 10.7 Å². The summed E-state index contributed by atoms with van der Waals surface area (Å²) >= 11 is 1.06. The molecule has 0 saturated heterocycles. The van der Waals surface area contributed by atoms with Crippen molar-refractivity contribution >= 4 is 37.0 Å². The molecule has 0 aliphatic carbocycles. The number of hydrogen-bond donors (Lipinski definition) is 0. The Balaban J connectivity index is 2.79. The molecular formula is C14H22ClNO3S2. The van der Waals surface area contributed by atoms with Gasteiger partial charge in [0.2, 0.25) is 5.91 Å². The first kappa shape index (κ1) is 18.5. The standard InChI is InChI=1S/C14H22ClNO3S2/c1-10(2)8-16(9-11(3)4)13(17)7-12-5-6-14(20-12)21(15,18)19/h5-6,10-11H,7-9H2,1-4H3. The Hall–Kier alpha value is -0.590. The molecule has 0 aliphatic rings. The zero-order valence-corrected chi connectivity index (χ0v) is 15.2. The van der Waals surface area contributed by atoms with Crippen molar-refractivity contribution in [1.29, 1.82) is 0 Å². The molecule has 21 heavy (non-hydrogen) atoms. The van der Waals surface area contributed by atoms with Crippen molar-refractivity contribution in [3.05, 3.63) is 17.0 Å². The largest absolute Gasteiger partial charge is 0.342 e. The summed E-state index contributed by atoms with van der Waals surface area (Å²) in [6.45, 7) is 9.72. The molecule has 0 radical (unpaired) electrons. The first-order valence-corrected chi connectivity index (χ1v) is 10.0. The molecule has 0 spiro atoms. The first-order valence-electron chi connectivity index (χ1n) is 6.90. The second-order valence-electron chi connectivity index (χ2n) is 5.92. The number of carbonyl (C=O) groups excluding carboxylic acids is 1. The smallest absolute Gasteiger partial charge is 0.270 e. The minimum atomic E-state index is -3.71. The fraction of sp³-hybridized carbons (Fsp3) is 0.643. The summed E-state index contributed by atoms with van der Waals surface area (Å²) in [5.41, 5.74) is 0. The molecule has 0 bridgehead atoms. The monoisotopic (exact) mass is 351 g/mol. The molecule has 1 aromatic rings. The van der Waals surface area contributed by atoms with Crippen molar-refractivity contribution in [1.82, 2.24) is 4.90 Å². The van der Waals surface area contributed by atoms with Crippen LogP contribution >= 0.6 is 22.0 Å². The Morgan fingerprint density at radius 3 is 2.10 bits per heavy atom. The molecular weight excluding hydrogens is 330 g/mol. The molecule has 1 heterocycles. The third-order valence-corrected chi connectivity index (χ3v) is 5.90. The summed E-state index contributed by atoms with van der Waals surface area (Å²) in [6, 6.07) is 3.10. The average molecular weight is 352 g/mol. The van der Waals surface area contributed by atoms with Crippen LogP contribution in [0.15, 0.2) is 16.3 Å². The van der Waals surface area contributed by atoms with Gasteiger partial charge in [0.15, 0.2) is 0 Å². The van der Waals surface area contributed by atoms with Crippen molar-refractivity contribution in [3.8, 4) is 0 Å². The third kappa shape index (κ3) is 6.36. The van der Waals surface area contributed by atoms with Crippen LogP contribution in [0.4, 0.5) is 0 Å². The topological polar surface area (TPSA) is 54.5 Å². The lowest BCUT2D eigenvalue weighted by Gasteiger charge is -2.26. The van der Waals surface area contributed by atoms with Gasteiger partial charge >= 0.3 is 0 Å². The Bertz CT molecular complexity index is 569. The quantitative estimate of drug-likeness (QED) is 0.708. The molecule has 0 saturated carbocycles. The number of halogens is 1. The Morgan fingerprint density at radius 1 is 1.19 bits per heavy atom.